The first kappa shape index (κ1) is 9.45. The minimum absolute atomic E-state index is 0.151. The maximum absolute atomic E-state index is 5.12. The maximum atomic E-state index is 5.12. The molecule has 0 fully saturated rings. The summed E-state index contributed by atoms with van der Waals surface area (Å²) in [6.07, 6.45) is 2.53. The van der Waals surface area contributed by atoms with Gasteiger partial charge in [-0.05, 0) is 30.9 Å². The molecule has 3 nitrogen and oxygen atoms in total. The molecule has 0 rings (SSSR count). The normalized spacial score (nSPS) is 9.70. The van der Waals surface area contributed by atoms with Crippen LogP contribution in [0.25, 0.3) is 0 Å². The lowest BCUT2D eigenvalue weighted by molar-refractivity contribution is 1.30. The van der Waals surface area contributed by atoms with E-state index in [1.165, 1.54) is 0 Å². The van der Waals surface area contributed by atoms with Gasteiger partial charge in [-0.15, -0.1) is 0 Å². The van der Waals surface area contributed by atoms with Crippen LogP contribution < -0.4 is 11.1 Å². The molecule has 0 aliphatic carbocycles. The van der Waals surface area contributed by atoms with Crippen LogP contribution in [0.5, 0.6) is 0 Å². The van der Waals surface area contributed by atoms with Gasteiger partial charge in [-0.25, -0.2) is 4.99 Å². The summed E-state index contributed by atoms with van der Waals surface area (Å²) >= 11 is 9.25. The Morgan fingerprint density at radius 2 is 2.30 bits per heavy atom. The largest absolute Gasteiger partial charge is 0.376 e. The SMILES string of the molecule is CC/C=N/C(=S)NC(N)=S. The number of aliphatic imine (C=N–C) groups is 1. The number of nitrogens with one attached hydrogen (secondary N) is 1. The highest BCUT2D eigenvalue weighted by atomic mass is 32.1. The van der Waals surface area contributed by atoms with E-state index in [-0.39, 0.29) is 5.11 Å². The van der Waals surface area contributed by atoms with Crippen LogP contribution in [-0.2, 0) is 0 Å². The average molecular weight is 175 g/mol. The van der Waals surface area contributed by atoms with Gasteiger partial charge in [0.25, 0.3) is 0 Å². The van der Waals surface area contributed by atoms with Crippen LogP contribution in [0, 0.1) is 0 Å². The number of hydrogen-bond acceptors (Lipinski definition) is 2. The molecule has 0 heterocycles. The summed E-state index contributed by atoms with van der Waals surface area (Å²) in [4.78, 5) is 3.81. The van der Waals surface area contributed by atoms with Gasteiger partial charge in [-0.1, -0.05) is 6.92 Å². The van der Waals surface area contributed by atoms with E-state index in [1.807, 2.05) is 6.92 Å². The number of thiocarbonyl (C=S) groups is 2. The van der Waals surface area contributed by atoms with Crippen molar-refractivity contribution in [3.8, 4) is 0 Å². The van der Waals surface area contributed by atoms with Crippen LogP contribution in [0.15, 0.2) is 4.99 Å². The van der Waals surface area contributed by atoms with Crippen LogP contribution in [0.1, 0.15) is 13.3 Å². The fourth-order valence-corrected chi connectivity index (χ4v) is 0.658. The molecule has 0 unspecified atom stereocenters. The van der Waals surface area contributed by atoms with Gasteiger partial charge in [0.15, 0.2) is 10.2 Å². The van der Waals surface area contributed by atoms with Gasteiger partial charge in [-0.2, -0.15) is 0 Å². The van der Waals surface area contributed by atoms with Crippen LogP contribution in [-0.4, -0.2) is 16.4 Å². The monoisotopic (exact) mass is 175 g/mol. The molecule has 0 aromatic heterocycles. The van der Waals surface area contributed by atoms with Crippen molar-refractivity contribution in [3.05, 3.63) is 0 Å². The minimum Gasteiger partial charge on any atom is -0.376 e. The Morgan fingerprint density at radius 3 is 2.70 bits per heavy atom. The molecular weight excluding hydrogens is 166 g/mol. The summed E-state index contributed by atoms with van der Waals surface area (Å²) in [7, 11) is 0. The van der Waals surface area contributed by atoms with Crippen LogP contribution in [0.3, 0.4) is 0 Å². The third kappa shape index (κ3) is 5.58. The molecule has 0 radical (unpaired) electrons. The predicted molar refractivity (Wildman–Crippen MR) is 51.3 cm³/mol. The molecule has 0 aliphatic rings. The third-order valence-corrected chi connectivity index (χ3v) is 0.931. The van der Waals surface area contributed by atoms with E-state index in [4.69, 9.17) is 18.0 Å². The zero-order valence-electron chi connectivity index (χ0n) is 5.63. The van der Waals surface area contributed by atoms with Gasteiger partial charge < -0.3 is 11.1 Å². The quantitative estimate of drug-likeness (QED) is 0.452. The first-order valence-electron chi connectivity index (χ1n) is 2.79. The molecule has 0 saturated heterocycles. The predicted octanol–water partition coefficient (Wildman–Crippen LogP) is 0.585. The lowest BCUT2D eigenvalue weighted by Crippen LogP contribution is -2.32. The van der Waals surface area contributed by atoms with Gasteiger partial charge in [0.05, 0.1) is 0 Å². The third-order valence-electron chi connectivity index (χ3n) is 0.621. The highest BCUT2D eigenvalue weighted by Gasteiger charge is 1.89. The van der Waals surface area contributed by atoms with Crippen molar-refractivity contribution in [2.75, 3.05) is 0 Å². The Labute approximate surface area is 70.7 Å². The molecule has 0 aromatic rings. The molecule has 0 spiro atoms. The minimum atomic E-state index is 0.151. The molecule has 3 N–H and O–H groups in total. The second kappa shape index (κ2) is 5.25. The van der Waals surface area contributed by atoms with E-state index in [9.17, 15) is 0 Å². The van der Waals surface area contributed by atoms with Crippen LogP contribution in [0.2, 0.25) is 0 Å². The maximum Gasteiger partial charge on any atom is 0.198 e. The van der Waals surface area contributed by atoms with E-state index in [0.29, 0.717) is 5.11 Å². The lowest BCUT2D eigenvalue weighted by atomic mass is 10.5. The average Bonchev–Trinajstić information content (AvgIpc) is 1.82. The molecule has 10 heavy (non-hydrogen) atoms. The summed E-state index contributed by atoms with van der Waals surface area (Å²) in [5.41, 5.74) is 5.12. The van der Waals surface area contributed by atoms with Gasteiger partial charge >= 0.3 is 0 Å². The molecule has 0 aliphatic heterocycles. The van der Waals surface area contributed by atoms with Gasteiger partial charge in [0.1, 0.15) is 0 Å². The van der Waals surface area contributed by atoms with Crippen molar-refractivity contribution in [1.82, 2.24) is 5.32 Å². The molecule has 0 amide bonds. The zero-order chi connectivity index (χ0) is 7.98. The van der Waals surface area contributed by atoms with E-state index in [2.05, 4.69) is 22.5 Å². The number of hydrogen-bond donors (Lipinski definition) is 2. The molecule has 5 heteroatoms. The van der Waals surface area contributed by atoms with Crippen molar-refractivity contribution < 1.29 is 0 Å². The summed E-state index contributed by atoms with van der Waals surface area (Å²) in [5, 5.41) is 2.99. The van der Waals surface area contributed by atoms with E-state index >= 15 is 0 Å². The first-order valence-corrected chi connectivity index (χ1v) is 3.61. The van der Waals surface area contributed by atoms with Crippen molar-refractivity contribution in [1.29, 1.82) is 0 Å². The summed E-state index contributed by atoms with van der Waals surface area (Å²) in [6.45, 7) is 1.97. The number of nitrogens with zero attached hydrogens (tertiary/aromatic N) is 1. The molecule has 0 saturated carbocycles. The molecule has 0 aromatic carbocycles. The Hall–Kier alpha value is -0.550. The van der Waals surface area contributed by atoms with Crippen molar-refractivity contribution in [3.63, 3.8) is 0 Å². The molecule has 0 bridgehead atoms. The van der Waals surface area contributed by atoms with E-state index in [1.54, 1.807) is 6.21 Å². The Kier molecular flexibility index (Phi) is 4.96. The Morgan fingerprint density at radius 1 is 1.70 bits per heavy atom. The summed E-state index contributed by atoms with van der Waals surface area (Å²) < 4.78 is 0. The fraction of sp³-hybridized carbons (Fsp3) is 0.400. The Balaban J connectivity index is 3.64. The highest BCUT2D eigenvalue weighted by Crippen LogP contribution is 1.75. The van der Waals surface area contributed by atoms with E-state index < -0.39 is 0 Å². The number of nitrogens with two attached hydrogens (primary N) is 1. The fourth-order valence-electron chi connectivity index (χ4n) is 0.312. The molecule has 0 atom stereocenters. The second-order valence-electron chi connectivity index (χ2n) is 1.51. The van der Waals surface area contributed by atoms with Crippen molar-refractivity contribution >= 4 is 40.9 Å². The summed E-state index contributed by atoms with van der Waals surface area (Å²) in [5.74, 6) is 0. The second-order valence-corrected chi connectivity index (χ2v) is 2.34. The molecule has 56 valence electrons. The Bertz CT molecular complexity index is 164. The van der Waals surface area contributed by atoms with Gasteiger partial charge in [0, 0.05) is 6.21 Å². The number of rotatable bonds is 1. The molecular formula is C5H9N3S2. The van der Waals surface area contributed by atoms with Crippen molar-refractivity contribution in [2.24, 2.45) is 10.7 Å². The first-order chi connectivity index (χ1) is 4.66. The topological polar surface area (TPSA) is 50.4 Å². The summed E-state index contributed by atoms with van der Waals surface area (Å²) in [6, 6.07) is 0. The standard InChI is InChI=1S/C5H9N3S2/c1-2-3-7-5(10)8-4(6)9/h3H,2H2,1H3,(H3,6,8,9,10)/b7-3+. The van der Waals surface area contributed by atoms with Crippen molar-refractivity contribution in [2.45, 2.75) is 13.3 Å². The van der Waals surface area contributed by atoms with Crippen LogP contribution in [0.4, 0.5) is 0 Å². The van der Waals surface area contributed by atoms with Gasteiger partial charge in [0.2, 0.25) is 0 Å². The van der Waals surface area contributed by atoms with E-state index in [0.717, 1.165) is 6.42 Å². The van der Waals surface area contributed by atoms with Crippen LogP contribution >= 0.6 is 24.4 Å². The highest BCUT2D eigenvalue weighted by molar-refractivity contribution is 7.81. The zero-order valence-corrected chi connectivity index (χ0v) is 7.26. The smallest absolute Gasteiger partial charge is 0.198 e. The van der Waals surface area contributed by atoms with Gasteiger partial charge in [-0.3, -0.25) is 0 Å². The lowest BCUT2D eigenvalue weighted by Gasteiger charge is -1.97.